The molecule has 3 aromatic rings. The number of hydrogen-bond acceptors (Lipinski definition) is 12. The number of nitrogens with zero attached hydrogens (tertiary/aromatic N) is 5. The maximum atomic E-state index is 14.0. The number of benzene rings is 2. The first-order chi connectivity index (χ1) is 20.5. The Morgan fingerprint density at radius 3 is 1.88 bits per heavy atom. The number of nitrogens with two attached hydrogens (primary N) is 4. The average Bonchev–Trinajstić information content (AvgIpc) is 2.94. The first kappa shape index (κ1) is 30.5. The van der Waals surface area contributed by atoms with Crippen molar-refractivity contribution in [3.05, 3.63) is 58.9 Å². The topological polar surface area (TPSA) is 207 Å². The van der Waals surface area contributed by atoms with Gasteiger partial charge in [-0.25, -0.2) is 4.39 Å². The highest BCUT2D eigenvalue weighted by Crippen LogP contribution is 2.24. The van der Waals surface area contributed by atoms with Gasteiger partial charge in [0.05, 0.1) is 12.1 Å². The van der Waals surface area contributed by atoms with E-state index < -0.39 is 23.9 Å². The molecule has 5 rings (SSSR count). The monoisotopic (exact) mass is 611 g/mol. The number of anilines is 5. The van der Waals surface area contributed by atoms with Gasteiger partial charge in [-0.1, -0.05) is 11.6 Å². The molecule has 2 saturated heterocycles. The van der Waals surface area contributed by atoms with Gasteiger partial charge in [0.25, 0.3) is 0 Å². The van der Waals surface area contributed by atoms with Crippen LogP contribution in [0.15, 0.2) is 42.5 Å². The smallest absolute Gasteiger partial charge is 0.233 e. The van der Waals surface area contributed by atoms with E-state index in [2.05, 4.69) is 20.6 Å². The molecule has 15 heteroatoms. The molecule has 228 valence electrons. The number of aromatic nitrogens is 3. The van der Waals surface area contributed by atoms with Crippen molar-refractivity contribution in [2.45, 2.75) is 43.4 Å². The van der Waals surface area contributed by atoms with Crippen molar-refractivity contribution in [2.75, 3.05) is 46.6 Å². The van der Waals surface area contributed by atoms with Gasteiger partial charge in [0.15, 0.2) is 5.78 Å². The highest BCUT2D eigenvalue weighted by Gasteiger charge is 2.29. The Morgan fingerprint density at radius 1 is 0.837 bits per heavy atom. The van der Waals surface area contributed by atoms with E-state index in [9.17, 15) is 14.0 Å². The fourth-order valence-corrected chi connectivity index (χ4v) is 5.44. The van der Waals surface area contributed by atoms with Gasteiger partial charge in [-0.15, -0.1) is 0 Å². The van der Waals surface area contributed by atoms with Crippen molar-refractivity contribution in [1.82, 2.24) is 15.0 Å². The van der Waals surface area contributed by atoms with E-state index in [1.165, 1.54) is 12.1 Å². The number of Topliss-reactive ketones (excluding diaryl/α,β-unsaturated/α-hetero) is 1. The molecule has 0 unspecified atom stereocenters. The molecule has 3 heterocycles. The molecular formula is C28H35ClFN11O2. The second kappa shape index (κ2) is 13.1. The van der Waals surface area contributed by atoms with Gasteiger partial charge in [0, 0.05) is 66.6 Å². The summed E-state index contributed by atoms with van der Waals surface area (Å²) in [4.78, 5) is 42.9. The minimum absolute atomic E-state index is 0.0557. The Labute approximate surface area is 253 Å². The van der Waals surface area contributed by atoms with Gasteiger partial charge < -0.3 is 43.4 Å². The standard InChI is InChI=1S/C28H35ClFN11O2/c29-16-3-6-23(22(30)7-16)36-25(43)10-24(42)15-1-4-21(5-2-15)35-26-37-27(40-11-17(31)8-18(32)12-40)39-28(38-26)41-13-19(33)9-20(34)14-41/h1-7,17-20H,8-14,31-34H2,(H,36,43)(H,35,37,38,39)/t17-,18+,19-,20+. The van der Waals surface area contributed by atoms with Gasteiger partial charge in [0.1, 0.15) is 5.82 Å². The van der Waals surface area contributed by atoms with E-state index >= 15 is 0 Å². The van der Waals surface area contributed by atoms with Crippen molar-refractivity contribution in [3.8, 4) is 0 Å². The summed E-state index contributed by atoms with van der Waals surface area (Å²) in [6.07, 6.45) is 0.954. The van der Waals surface area contributed by atoms with E-state index in [0.717, 1.165) is 6.07 Å². The Bertz CT molecular complexity index is 1410. The Morgan fingerprint density at radius 2 is 1.37 bits per heavy atom. The summed E-state index contributed by atoms with van der Waals surface area (Å²) in [6.45, 7) is 2.19. The van der Waals surface area contributed by atoms with E-state index in [4.69, 9.17) is 39.5 Å². The Hall–Kier alpha value is -3.95. The van der Waals surface area contributed by atoms with Crippen LogP contribution in [0.1, 0.15) is 29.6 Å². The van der Waals surface area contributed by atoms with E-state index in [1.54, 1.807) is 24.3 Å². The summed E-state index contributed by atoms with van der Waals surface area (Å²) in [5.74, 6) is -0.623. The number of halogens is 2. The maximum absolute atomic E-state index is 14.0. The van der Waals surface area contributed by atoms with Crippen LogP contribution in [0.3, 0.4) is 0 Å². The molecule has 2 aromatic carbocycles. The highest BCUT2D eigenvalue weighted by molar-refractivity contribution is 6.30. The van der Waals surface area contributed by atoms with E-state index in [-0.39, 0.29) is 40.8 Å². The number of nitrogens with one attached hydrogen (secondary N) is 2. The zero-order valence-corrected chi connectivity index (χ0v) is 24.2. The minimum Gasteiger partial charge on any atom is -0.338 e. The molecule has 43 heavy (non-hydrogen) atoms. The third kappa shape index (κ3) is 7.91. The van der Waals surface area contributed by atoms with Gasteiger partial charge in [-0.2, -0.15) is 15.0 Å². The third-order valence-electron chi connectivity index (χ3n) is 7.20. The number of hydrogen-bond donors (Lipinski definition) is 6. The molecule has 0 saturated carbocycles. The highest BCUT2D eigenvalue weighted by atomic mass is 35.5. The van der Waals surface area contributed by atoms with Crippen LogP contribution in [0.5, 0.6) is 0 Å². The summed E-state index contributed by atoms with van der Waals surface area (Å²) >= 11 is 5.74. The number of rotatable bonds is 8. The van der Waals surface area contributed by atoms with Crippen LogP contribution in [-0.2, 0) is 4.79 Å². The second-order valence-corrected chi connectivity index (χ2v) is 11.5. The fourth-order valence-electron chi connectivity index (χ4n) is 5.28. The van der Waals surface area contributed by atoms with Crippen LogP contribution in [0, 0.1) is 5.82 Å². The predicted octanol–water partition coefficient (Wildman–Crippen LogP) is 1.35. The van der Waals surface area contributed by atoms with Crippen LogP contribution in [0.4, 0.5) is 33.6 Å². The lowest BCUT2D eigenvalue weighted by atomic mass is 10.0. The lowest BCUT2D eigenvalue weighted by molar-refractivity contribution is -0.115. The predicted molar refractivity (Wildman–Crippen MR) is 164 cm³/mol. The fraction of sp³-hybridized carbons (Fsp3) is 0.393. The molecule has 2 aliphatic heterocycles. The lowest BCUT2D eigenvalue weighted by Crippen LogP contribution is -2.54. The summed E-state index contributed by atoms with van der Waals surface area (Å²) in [6, 6.07) is 9.90. The SMILES string of the molecule is N[C@@H]1C[C@H](N)CN(c2nc(Nc3ccc(C(=O)CC(=O)Nc4ccc(Cl)cc4F)cc3)nc(N3C[C@H](N)C[C@H](N)C3)n2)C1. The normalized spacial score (nSPS) is 22.3. The quantitative estimate of drug-likeness (QED) is 0.158. The molecule has 4 atom stereocenters. The molecule has 1 amide bonds. The summed E-state index contributed by atoms with van der Waals surface area (Å²) in [7, 11) is 0. The molecule has 0 aliphatic carbocycles. The lowest BCUT2D eigenvalue weighted by Gasteiger charge is -2.37. The van der Waals surface area contributed by atoms with E-state index in [0.29, 0.717) is 62.2 Å². The van der Waals surface area contributed by atoms with Crippen LogP contribution < -0.4 is 43.4 Å². The van der Waals surface area contributed by atoms with Crippen molar-refractivity contribution < 1.29 is 14.0 Å². The molecule has 0 spiro atoms. The van der Waals surface area contributed by atoms with Crippen LogP contribution in [0.25, 0.3) is 0 Å². The van der Waals surface area contributed by atoms with Crippen LogP contribution in [-0.4, -0.2) is 77.0 Å². The first-order valence-corrected chi connectivity index (χ1v) is 14.3. The first-order valence-electron chi connectivity index (χ1n) is 14.0. The number of carbonyl (C=O) groups is 2. The van der Waals surface area contributed by atoms with Crippen LogP contribution in [0.2, 0.25) is 5.02 Å². The van der Waals surface area contributed by atoms with Gasteiger partial charge in [0.2, 0.25) is 23.8 Å². The van der Waals surface area contributed by atoms with Gasteiger partial charge >= 0.3 is 0 Å². The largest absolute Gasteiger partial charge is 0.338 e. The number of amides is 1. The minimum atomic E-state index is -0.690. The van der Waals surface area contributed by atoms with Crippen molar-refractivity contribution in [2.24, 2.45) is 22.9 Å². The maximum Gasteiger partial charge on any atom is 0.233 e. The summed E-state index contributed by atoms with van der Waals surface area (Å²) in [5.41, 5.74) is 25.8. The molecule has 13 nitrogen and oxygen atoms in total. The second-order valence-electron chi connectivity index (χ2n) is 11.1. The molecule has 2 fully saturated rings. The van der Waals surface area contributed by atoms with Gasteiger partial charge in [-0.3, -0.25) is 9.59 Å². The van der Waals surface area contributed by atoms with Crippen molar-refractivity contribution in [1.29, 1.82) is 0 Å². The van der Waals surface area contributed by atoms with Crippen molar-refractivity contribution in [3.63, 3.8) is 0 Å². The Kier molecular flexibility index (Phi) is 9.32. The van der Waals surface area contributed by atoms with Crippen molar-refractivity contribution >= 4 is 52.5 Å². The van der Waals surface area contributed by atoms with Gasteiger partial charge in [-0.05, 0) is 55.3 Å². The number of piperidine rings is 2. The summed E-state index contributed by atoms with van der Waals surface area (Å²) in [5, 5.41) is 5.76. The third-order valence-corrected chi connectivity index (χ3v) is 7.43. The molecular weight excluding hydrogens is 577 g/mol. The zero-order valence-electron chi connectivity index (χ0n) is 23.4. The average molecular weight is 612 g/mol. The van der Waals surface area contributed by atoms with Crippen LogP contribution >= 0.6 is 11.6 Å². The summed E-state index contributed by atoms with van der Waals surface area (Å²) < 4.78 is 14.0. The number of carbonyl (C=O) groups excluding carboxylic acids is 2. The Balaban J connectivity index is 1.30. The molecule has 2 aliphatic rings. The molecule has 1 aromatic heterocycles. The number of ketones is 1. The molecule has 0 bridgehead atoms. The van der Waals surface area contributed by atoms with E-state index in [1.807, 2.05) is 9.80 Å². The zero-order chi connectivity index (χ0) is 30.7. The molecule has 10 N–H and O–H groups in total. The molecule has 0 radical (unpaired) electrons.